The summed E-state index contributed by atoms with van der Waals surface area (Å²) in [5.74, 6) is 0. The van der Waals surface area contributed by atoms with E-state index in [2.05, 4.69) is 34.4 Å². The van der Waals surface area contributed by atoms with Crippen molar-refractivity contribution in [2.45, 2.75) is 19.8 Å². The van der Waals surface area contributed by atoms with Crippen molar-refractivity contribution in [3.05, 3.63) is 22.4 Å². The van der Waals surface area contributed by atoms with Crippen LogP contribution in [0.25, 0.3) is 0 Å². The first kappa shape index (κ1) is 11.7. The fraction of sp³-hybridized carbons (Fsp3) is 0.636. The Balaban J connectivity index is 1.85. The summed E-state index contributed by atoms with van der Waals surface area (Å²) in [5.41, 5.74) is 1.45. The molecule has 14 heavy (non-hydrogen) atoms. The summed E-state index contributed by atoms with van der Waals surface area (Å²) < 4.78 is 0. The van der Waals surface area contributed by atoms with Crippen LogP contribution in [-0.4, -0.2) is 26.2 Å². The van der Waals surface area contributed by atoms with Crippen LogP contribution in [0.15, 0.2) is 16.8 Å². The minimum absolute atomic E-state index is 1.07. The van der Waals surface area contributed by atoms with Gasteiger partial charge >= 0.3 is 0 Å². The summed E-state index contributed by atoms with van der Waals surface area (Å²) in [6.45, 7) is 6.56. The molecular weight excluding hydrogens is 192 g/mol. The Morgan fingerprint density at radius 1 is 1.14 bits per heavy atom. The van der Waals surface area contributed by atoms with E-state index in [4.69, 9.17) is 0 Å². The standard InChI is InChI=1S/C11H20N2S/c1-2-5-12-7-8-13-6-3-11-4-9-14-10-11/h4,9-10,12-13H,2-3,5-8H2,1H3. The van der Waals surface area contributed by atoms with Gasteiger partial charge in [0.1, 0.15) is 0 Å². The first-order valence-electron chi connectivity index (χ1n) is 5.36. The lowest BCUT2D eigenvalue weighted by Crippen LogP contribution is -2.28. The molecule has 1 aromatic rings. The zero-order valence-electron chi connectivity index (χ0n) is 8.88. The highest BCUT2D eigenvalue weighted by Crippen LogP contribution is 2.05. The molecule has 0 amide bonds. The van der Waals surface area contributed by atoms with Crippen molar-refractivity contribution in [2.75, 3.05) is 26.2 Å². The van der Waals surface area contributed by atoms with Gasteiger partial charge in [0, 0.05) is 13.1 Å². The van der Waals surface area contributed by atoms with Crippen molar-refractivity contribution in [1.29, 1.82) is 0 Å². The largest absolute Gasteiger partial charge is 0.315 e. The predicted octanol–water partition coefficient (Wildman–Crippen LogP) is 1.88. The molecule has 80 valence electrons. The minimum Gasteiger partial charge on any atom is -0.315 e. The summed E-state index contributed by atoms with van der Waals surface area (Å²) in [6.07, 6.45) is 2.37. The van der Waals surface area contributed by atoms with E-state index in [1.807, 2.05) is 0 Å². The van der Waals surface area contributed by atoms with Crippen LogP contribution >= 0.6 is 11.3 Å². The van der Waals surface area contributed by atoms with Gasteiger partial charge in [-0.1, -0.05) is 6.92 Å². The fourth-order valence-electron chi connectivity index (χ4n) is 1.27. The number of rotatable bonds is 8. The first-order chi connectivity index (χ1) is 6.93. The third-order valence-corrected chi connectivity index (χ3v) is 2.81. The van der Waals surface area contributed by atoms with Crippen molar-refractivity contribution in [3.8, 4) is 0 Å². The molecule has 0 aliphatic heterocycles. The van der Waals surface area contributed by atoms with Gasteiger partial charge in [0.2, 0.25) is 0 Å². The van der Waals surface area contributed by atoms with Crippen molar-refractivity contribution < 1.29 is 0 Å². The van der Waals surface area contributed by atoms with Crippen molar-refractivity contribution in [3.63, 3.8) is 0 Å². The van der Waals surface area contributed by atoms with Crippen LogP contribution in [0.4, 0.5) is 0 Å². The van der Waals surface area contributed by atoms with E-state index in [9.17, 15) is 0 Å². The highest BCUT2D eigenvalue weighted by Gasteiger charge is 1.92. The summed E-state index contributed by atoms with van der Waals surface area (Å²) in [6, 6.07) is 2.20. The Morgan fingerprint density at radius 2 is 1.93 bits per heavy atom. The van der Waals surface area contributed by atoms with E-state index in [0.717, 1.165) is 32.6 Å². The van der Waals surface area contributed by atoms with Crippen molar-refractivity contribution >= 4 is 11.3 Å². The van der Waals surface area contributed by atoms with Crippen LogP contribution in [0.1, 0.15) is 18.9 Å². The van der Waals surface area contributed by atoms with E-state index in [1.165, 1.54) is 12.0 Å². The summed E-state index contributed by atoms with van der Waals surface area (Å²) in [4.78, 5) is 0. The Bertz CT molecular complexity index is 209. The lowest BCUT2D eigenvalue weighted by Gasteiger charge is -2.04. The van der Waals surface area contributed by atoms with Gasteiger partial charge in [0.15, 0.2) is 0 Å². The number of hydrogen-bond donors (Lipinski definition) is 2. The second-order valence-corrected chi connectivity index (χ2v) is 4.16. The smallest absolute Gasteiger partial charge is 0.00768 e. The van der Waals surface area contributed by atoms with Crippen LogP contribution < -0.4 is 10.6 Å². The minimum atomic E-state index is 1.07. The molecule has 2 N–H and O–H groups in total. The van der Waals surface area contributed by atoms with Gasteiger partial charge in [-0.25, -0.2) is 0 Å². The topological polar surface area (TPSA) is 24.1 Å². The third-order valence-electron chi connectivity index (χ3n) is 2.08. The lowest BCUT2D eigenvalue weighted by atomic mass is 10.2. The van der Waals surface area contributed by atoms with Gasteiger partial charge < -0.3 is 10.6 Å². The molecular formula is C11H20N2S. The monoisotopic (exact) mass is 212 g/mol. The Labute approximate surface area is 90.7 Å². The van der Waals surface area contributed by atoms with Crippen LogP contribution in [0.5, 0.6) is 0 Å². The number of hydrogen-bond acceptors (Lipinski definition) is 3. The SMILES string of the molecule is CCCNCCNCCc1ccsc1. The van der Waals surface area contributed by atoms with Gasteiger partial charge in [-0.05, 0) is 48.3 Å². The highest BCUT2D eigenvalue weighted by molar-refractivity contribution is 7.07. The van der Waals surface area contributed by atoms with Crippen molar-refractivity contribution in [2.24, 2.45) is 0 Å². The van der Waals surface area contributed by atoms with E-state index >= 15 is 0 Å². The zero-order chi connectivity index (χ0) is 10.1. The van der Waals surface area contributed by atoms with E-state index in [1.54, 1.807) is 11.3 Å². The van der Waals surface area contributed by atoms with Gasteiger partial charge in [-0.15, -0.1) is 0 Å². The third kappa shape index (κ3) is 5.37. The number of thiophene rings is 1. The molecule has 0 fully saturated rings. The Kier molecular flexibility index (Phi) is 6.66. The summed E-state index contributed by atoms with van der Waals surface area (Å²) >= 11 is 1.77. The lowest BCUT2D eigenvalue weighted by molar-refractivity contribution is 0.607. The van der Waals surface area contributed by atoms with Crippen molar-refractivity contribution in [1.82, 2.24) is 10.6 Å². The second-order valence-electron chi connectivity index (χ2n) is 3.38. The molecule has 0 radical (unpaired) electrons. The predicted molar refractivity (Wildman–Crippen MR) is 64.1 cm³/mol. The van der Waals surface area contributed by atoms with E-state index < -0.39 is 0 Å². The maximum Gasteiger partial charge on any atom is 0.00768 e. The molecule has 2 nitrogen and oxygen atoms in total. The first-order valence-corrected chi connectivity index (χ1v) is 6.30. The molecule has 0 aromatic carbocycles. The average molecular weight is 212 g/mol. The zero-order valence-corrected chi connectivity index (χ0v) is 9.70. The quantitative estimate of drug-likeness (QED) is 0.643. The molecule has 1 aromatic heterocycles. The number of nitrogens with one attached hydrogen (secondary N) is 2. The molecule has 3 heteroatoms. The molecule has 0 atom stereocenters. The van der Waals surface area contributed by atoms with Crippen LogP contribution in [-0.2, 0) is 6.42 Å². The molecule has 0 saturated carbocycles. The van der Waals surface area contributed by atoms with Gasteiger partial charge in [-0.3, -0.25) is 0 Å². The molecule has 0 spiro atoms. The molecule has 0 aliphatic carbocycles. The molecule has 0 aliphatic rings. The average Bonchev–Trinajstić information content (AvgIpc) is 2.69. The highest BCUT2D eigenvalue weighted by atomic mass is 32.1. The van der Waals surface area contributed by atoms with Crippen LogP contribution in [0, 0.1) is 0 Å². The Morgan fingerprint density at radius 3 is 2.57 bits per heavy atom. The van der Waals surface area contributed by atoms with E-state index in [-0.39, 0.29) is 0 Å². The molecule has 0 bridgehead atoms. The maximum atomic E-state index is 3.42. The van der Waals surface area contributed by atoms with Gasteiger partial charge in [0.25, 0.3) is 0 Å². The van der Waals surface area contributed by atoms with Crippen LogP contribution in [0.3, 0.4) is 0 Å². The normalized spacial score (nSPS) is 10.6. The summed E-state index contributed by atoms with van der Waals surface area (Å²) in [7, 11) is 0. The fourth-order valence-corrected chi connectivity index (χ4v) is 1.97. The molecule has 0 unspecified atom stereocenters. The van der Waals surface area contributed by atoms with Gasteiger partial charge in [-0.2, -0.15) is 11.3 Å². The molecule has 1 heterocycles. The van der Waals surface area contributed by atoms with Crippen LogP contribution in [0.2, 0.25) is 0 Å². The molecule has 0 saturated heterocycles. The Hall–Kier alpha value is -0.380. The summed E-state index contributed by atoms with van der Waals surface area (Å²) in [5, 5.41) is 11.1. The van der Waals surface area contributed by atoms with Gasteiger partial charge in [0.05, 0.1) is 0 Å². The molecule has 1 rings (SSSR count). The van der Waals surface area contributed by atoms with E-state index in [0.29, 0.717) is 0 Å². The maximum absolute atomic E-state index is 3.42. The second kappa shape index (κ2) is 7.97.